The van der Waals surface area contributed by atoms with Gasteiger partial charge in [-0.1, -0.05) is 48.5 Å². The van der Waals surface area contributed by atoms with Gasteiger partial charge in [0.2, 0.25) is 0 Å². The van der Waals surface area contributed by atoms with Gasteiger partial charge in [0.15, 0.2) is 0 Å². The van der Waals surface area contributed by atoms with E-state index in [4.69, 9.17) is 0 Å². The summed E-state index contributed by atoms with van der Waals surface area (Å²) in [5, 5.41) is 3.04. The van der Waals surface area contributed by atoms with Gasteiger partial charge < -0.3 is 15.1 Å². The lowest BCUT2D eigenvalue weighted by Gasteiger charge is -2.39. The molecule has 0 spiro atoms. The SMILES string of the molecule is O=C(NCc1ccccc1)N1CCN2c3ccccc3CC2C1. The Kier molecular flexibility index (Phi) is 3.66. The lowest BCUT2D eigenvalue weighted by atomic mass is 10.1. The van der Waals surface area contributed by atoms with E-state index in [-0.39, 0.29) is 6.03 Å². The van der Waals surface area contributed by atoms with Gasteiger partial charge in [-0.15, -0.1) is 0 Å². The summed E-state index contributed by atoms with van der Waals surface area (Å²) in [5.41, 5.74) is 3.89. The van der Waals surface area contributed by atoms with E-state index >= 15 is 0 Å². The largest absolute Gasteiger partial charge is 0.364 e. The van der Waals surface area contributed by atoms with Crippen LogP contribution in [0.3, 0.4) is 0 Å². The second kappa shape index (κ2) is 5.95. The normalized spacial score (nSPS) is 19.2. The number of carbonyl (C=O) groups is 1. The van der Waals surface area contributed by atoms with Crippen LogP contribution in [0, 0.1) is 0 Å². The third-order valence-electron chi connectivity index (χ3n) is 4.81. The van der Waals surface area contributed by atoms with Crippen molar-refractivity contribution in [1.29, 1.82) is 0 Å². The van der Waals surface area contributed by atoms with Crippen molar-refractivity contribution in [2.45, 2.75) is 19.0 Å². The summed E-state index contributed by atoms with van der Waals surface area (Å²) in [6.07, 6.45) is 1.04. The molecule has 0 radical (unpaired) electrons. The fourth-order valence-electron chi connectivity index (χ4n) is 3.63. The fourth-order valence-corrected chi connectivity index (χ4v) is 3.63. The highest BCUT2D eigenvalue weighted by atomic mass is 16.2. The van der Waals surface area contributed by atoms with Gasteiger partial charge in [-0.2, -0.15) is 0 Å². The lowest BCUT2D eigenvalue weighted by Crippen LogP contribution is -2.55. The predicted octanol–water partition coefficient (Wildman–Crippen LogP) is 2.64. The molecule has 2 amide bonds. The molecule has 1 atom stereocenters. The van der Waals surface area contributed by atoms with Gasteiger partial charge in [-0.25, -0.2) is 4.79 Å². The second-order valence-electron chi connectivity index (χ2n) is 6.27. The summed E-state index contributed by atoms with van der Waals surface area (Å²) in [6, 6.07) is 19.1. The van der Waals surface area contributed by atoms with Crippen LogP contribution in [-0.2, 0) is 13.0 Å². The molecule has 4 heteroatoms. The molecule has 2 heterocycles. The van der Waals surface area contributed by atoms with Gasteiger partial charge in [0.25, 0.3) is 0 Å². The van der Waals surface area contributed by atoms with Gasteiger partial charge in [0.05, 0.1) is 6.04 Å². The molecule has 4 nitrogen and oxygen atoms in total. The molecule has 4 rings (SSSR count). The van der Waals surface area contributed by atoms with E-state index in [1.54, 1.807) is 0 Å². The van der Waals surface area contributed by atoms with Crippen LogP contribution in [0.1, 0.15) is 11.1 Å². The van der Waals surface area contributed by atoms with Crippen molar-refractivity contribution in [2.24, 2.45) is 0 Å². The maximum absolute atomic E-state index is 12.4. The summed E-state index contributed by atoms with van der Waals surface area (Å²) in [6.45, 7) is 3.09. The molecule has 2 aliphatic rings. The minimum Gasteiger partial charge on any atom is -0.364 e. The molecule has 23 heavy (non-hydrogen) atoms. The van der Waals surface area contributed by atoms with Crippen molar-refractivity contribution >= 4 is 11.7 Å². The average Bonchev–Trinajstić information content (AvgIpc) is 2.98. The molecule has 118 valence electrons. The third kappa shape index (κ3) is 2.77. The quantitative estimate of drug-likeness (QED) is 0.926. The number of anilines is 1. The number of fused-ring (bicyclic) bond motifs is 3. The van der Waals surface area contributed by atoms with Gasteiger partial charge >= 0.3 is 6.03 Å². The van der Waals surface area contributed by atoms with Gasteiger partial charge in [-0.3, -0.25) is 0 Å². The van der Waals surface area contributed by atoms with Crippen LogP contribution in [0.25, 0.3) is 0 Å². The Balaban J connectivity index is 1.37. The molecule has 1 saturated heterocycles. The first-order valence-electron chi connectivity index (χ1n) is 8.22. The molecule has 2 aromatic rings. The van der Waals surface area contributed by atoms with E-state index in [9.17, 15) is 4.79 Å². The van der Waals surface area contributed by atoms with Gasteiger partial charge in [-0.05, 0) is 23.6 Å². The van der Waals surface area contributed by atoms with E-state index in [1.807, 2.05) is 35.2 Å². The van der Waals surface area contributed by atoms with E-state index < -0.39 is 0 Å². The topological polar surface area (TPSA) is 35.6 Å². The number of piperazine rings is 1. The van der Waals surface area contributed by atoms with Gasteiger partial charge in [0, 0.05) is 31.9 Å². The number of hydrogen-bond acceptors (Lipinski definition) is 2. The minimum atomic E-state index is 0.0458. The van der Waals surface area contributed by atoms with E-state index in [1.165, 1.54) is 11.3 Å². The Morgan fingerprint density at radius 2 is 1.83 bits per heavy atom. The Labute approximate surface area is 136 Å². The van der Waals surface area contributed by atoms with Crippen LogP contribution in [0.5, 0.6) is 0 Å². The van der Waals surface area contributed by atoms with Crippen LogP contribution < -0.4 is 10.2 Å². The number of amides is 2. The summed E-state index contributed by atoms with van der Waals surface area (Å²) in [4.78, 5) is 16.8. The van der Waals surface area contributed by atoms with Crippen LogP contribution in [-0.4, -0.2) is 36.6 Å². The maximum atomic E-state index is 12.4. The molecule has 0 aromatic heterocycles. The zero-order chi connectivity index (χ0) is 15.6. The van der Waals surface area contributed by atoms with Crippen LogP contribution in [0.15, 0.2) is 54.6 Å². The first-order valence-corrected chi connectivity index (χ1v) is 8.22. The summed E-state index contributed by atoms with van der Waals surface area (Å²) >= 11 is 0. The van der Waals surface area contributed by atoms with Gasteiger partial charge in [0.1, 0.15) is 0 Å². The van der Waals surface area contributed by atoms with Crippen molar-refractivity contribution in [2.75, 3.05) is 24.5 Å². The summed E-state index contributed by atoms with van der Waals surface area (Å²) in [5.74, 6) is 0. The smallest absolute Gasteiger partial charge is 0.317 e. The van der Waals surface area contributed by atoms with Crippen molar-refractivity contribution < 1.29 is 4.79 Å². The van der Waals surface area contributed by atoms with Crippen molar-refractivity contribution in [3.05, 3.63) is 65.7 Å². The summed E-state index contributed by atoms with van der Waals surface area (Å²) in [7, 11) is 0. The first kappa shape index (κ1) is 14.1. The Morgan fingerprint density at radius 3 is 2.70 bits per heavy atom. The lowest BCUT2D eigenvalue weighted by molar-refractivity contribution is 0.185. The third-order valence-corrected chi connectivity index (χ3v) is 4.81. The van der Waals surface area contributed by atoms with Crippen molar-refractivity contribution in [3.63, 3.8) is 0 Å². The molecule has 1 unspecified atom stereocenters. The Bertz CT molecular complexity index is 701. The molecule has 1 N–H and O–H groups in total. The predicted molar refractivity (Wildman–Crippen MR) is 91.5 cm³/mol. The molecule has 0 aliphatic carbocycles. The van der Waals surface area contributed by atoms with Crippen LogP contribution in [0.2, 0.25) is 0 Å². The number of nitrogens with one attached hydrogen (secondary N) is 1. The fraction of sp³-hybridized carbons (Fsp3) is 0.316. The Hall–Kier alpha value is -2.49. The number of nitrogens with zero attached hydrogens (tertiary/aromatic N) is 2. The van der Waals surface area contributed by atoms with Crippen LogP contribution >= 0.6 is 0 Å². The number of para-hydroxylation sites is 1. The molecular weight excluding hydrogens is 286 g/mol. The number of carbonyl (C=O) groups excluding carboxylic acids is 1. The monoisotopic (exact) mass is 307 g/mol. The standard InChI is InChI=1S/C19H21N3O/c23-19(20-13-15-6-2-1-3-7-15)21-10-11-22-17(14-21)12-16-8-4-5-9-18(16)22/h1-9,17H,10-14H2,(H,20,23). The molecular formula is C19H21N3O. The molecule has 2 aliphatic heterocycles. The van der Waals surface area contributed by atoms with E-state index in [0.29, 0.717) is 12.6 Å². The Morgan fingerprint density at radius 1 is 1.04 bits per heavy atom. The van der Waals surface area contributed by atoms with E-state index in [2.05, 4.69) is 34.5 Å². The number of benzene rings is 2. The highest BCUT2D eigenvalue weighted by Gasteiger charge is 2.35. The van der Waals surface area contributed by atoms with Crippen molar-refractivity contribution in [3.8, 4) is 0 Å². The molecule has 0 bridgehead atoms. The first-order chi connectivity index (χ1) is 11.3. The van der Waals surface area contributed by atoms with E-state index in [0.717, 1.165) is 31.6 Å². The number of urea groups is 1. The average molecular weight is 307 g/mol. The molecule has 0 saturated carbocycles. The number of hydrogen-bond donors (Lipinski definition) is 1. The minimum absolute atomic E-state index is 0.0458. The highest BCUT2D eigenvalue weighted by molar-refractivity contribution is 5.75. The zero-order valence-electron chi connectivity index (χ0n) is 13.1. The molecule has 1 fully saturated rings. The van der Waals surface area contributed by atoms with Crippen molar-refractivity contribution in [1.82, 2.24) is 10.2 Å². The van der Waals surface area contributed by atoms with Crippen LogP contribution in [0.4, 0.5) is 10.5 Å². The zero-order valence-corrected chi connectivity index (χ0v) is 13.1. The molecule has 2 aromatic carbocycles. The maximum Gasteiger partial charge on any atom is 0.317 e. The second-order valence-corrected chi connectivity index (χ2v) is 6.27. The highest BCUT2D eigenvalue weighted by Crippen LogP contribution is 2.33. The summed E-state index contributed by atoms with van der Waals surface area (Å²) < 4.78 is 0. The number of rotatable bonds is 2.